The van der Waals surface area contributed by atoms with Crippen LogP contribution in [-0.2, 0) is 17.6 Å². The summed E-state index contributed by atoms with van der Waals surface area (Å²) in [4.78, 5) is 18.4. The summed E-state index contributed by atoms with van der Waals surface area (Å²) < 4.78 is 10.7. The molecule has 5 heteroatoms. The largest absolute Gasteiger partial charge is 0.497 e. The van der Waals surface area contributed by atoms with Crippen molar-refractivity contribution in [2.24, 2.45) is 0 Å². The summed E-state index contributed by atoms with van der Waals surface area (Å²) in [5.41, 5.74) is 2.61. The van der Waals surface area contributed by atoms with Crippen LogP contribution in [0.3, 0.4) is 0 Å². The molecular formula is C19H20N2O3. The summed E-state index contributed by atoms with van der Waals surface area (Å²) >= 11 is 0. The predicted octanol–water partition coefficient (Wildman–Crippen LogP) is 3.08. The molecule has 1 aromatic carbocycles. The highest BCUT2D eigenvalue weighted by molar-refractivity contribution is 5.88. The Morgan fingerprint density at radius 1 is 1.29 bits per heavy atom. The number of ether oxygens (including phenoxy) is 1. The smallest absolute Gasteiger partial charge is 0.226 e. The van der Waals surface area contributed by atoms with Gasteiger partial charge in [0, 0.05) is 48.9 Å². The Morgan fingerprint density at radius 2 is 2.17 bits per heavy atom. The van der Waals surface area contributed by atoms with Gasteiger partial charge in [-0.05, 0) is 24.3 Å². The normalized spacial score (nSPS) is 10.8. The minimum Gasteiger partial charge on any atom is -0.497 e. The molecule has 0 saturated carbocycles. The summed E-state index contributed by atoms with van der Waals surface area (Å²) in [5, 5.41) is 0.947. The molecular weight excluding hydrogens is 304 g/mol. The number of hydrogen-bond acceptors (Lipinski definition) is 4. The number of nitrogens with zero attached hydrogens (tertiary/aromatic N) is 2. The average molecular weight is 324 g/mol. The predicted molar refractivity (Wildman–Crippen MR) is 92.0 cm³/mol. The summed E-state index contributed by atoms with van der Waals surface area (Å²) in [6.45, 7) is 0.638. The molecule has 0 aliphatic heterocycles. The zero-order valence-corrected chi connectivity index (χ0v) is 13.9. The van der Waals surface area contributed by atoms with E-state index in [1.54, 1.807) is 24.5 Å². The lowest BCUT2D eigenvalue weighted by atomic mass is 10.1. The van der Waals surface area contributed by atoms with Crippen molar-refractivity contribution < 1.29 is 13.9 Å². The van der Waals surface area contributed by atoms with Crippen molar-refractivity contribution >= 4 is 16.9 Å². The zero-order chi connectivity index (χ0) is 16.9. The van der Waals surface area contributed by atoms with Gasteiger partial charge in [0.25, 0.3) is 0 Å². The van der Waals surface area contributed by atoms with Crippen LogP contribution in [-0.4, -0.2) is 36.5 Å². The van der Waals surface area contributed by atoms with Gasteiger partial charge in [-0.2, -0.15) is 0 Å². The van der Waals surface area contributed by atoms with E-state index < -0.39 is 0 Å². The van der Waals surface area contributed by atoms with Crippen LogP contribution in [0.25, 0.3) is 11.0 Å². The number of benzene rings is 1. The summed E-state index contributed by atoms with van der Waals surface area (Å²) in [6.07, 6.45) is 4.47. The molecule has 124 valence electrons. The van der Waals surface area contributed by atoms with E-state index in [1.807, 2.05) is 43.4 Å². The van der Waals surface area contributed by atoms with E-state index in [-0.39, 0.29) is 5.91 Å². The number of hydrogen-bond donors (Lipinski definition) is 0. The Bertz CT molecular complexity index is 827. The third kappa shape index (κ3) is 3.56. The molecule has 0 aliphatic carbocycles. The molecule has 0 atom stereocenters. The lowest BCUT2D eigenvalue weighted by molar-refractivity contribution is -0.129. The van der Waals surface area contributed by atoms with Gasteiger partial charge in [-0.15, -0.1) is 0 Å². The summed E-state index contributed by atoms with van der Waals surface area (Å²) in [6, 6.07) is 11.4. The number of fused-ring (bicyclic) bond motifs is 1. The number of likely N-dealkylation sites (N-methyl/N-ethyl adjacent to an activating group) is 1. The first-order valence-electron chi connectivity index (χ1n) is 7.85. The Morgan fingerprint density at radius 3 is 2.92 bits per heavy atom. The lowest BCUT2D eigenvalue weighted by Crippen LogP contribution is -2.30. The minimum atomic E-state index is 0.0597. The second kappa shape index (κ2) is 7.17. The number of methoxy groups -OCH3 is 1. The van der Waals surface area contributed by atoms with E-state index in [2.05, 4.69) is 4.98 Å². The van der Waals surface area contributed by atoms with E-state index in [4.69, 9.17) is 9.15 Å². The molecule has 0 bridgehead atoms. The molecule has 2 aromatic heterocycles. The first kappa shape index (κ1) is 16.1. The number of carbonyl (C=O) groups is 1. The van der Waals surface area contributed by atoms with Gasteiger partial charge in [0.2, 0.25) is 5.91 Å². The third-order valence-electron chi connectivity index (χ3n) is 4.06. The van der Waals surface area contributed by atoms with Gasteiger partial charge in [0.1, 0.15) is 11.3 Å². The van der Waals surface area contributed by atoms with Gasteiger partial charge in [-0.25, -0.2) is 0 Å². The maximum Gasteiger partial charge on any atom is 0.226 e. The van der Waals surface area contributed by atoms with Crippen LogP contribution < -0.4 is 4.74 Å². The van der Waals surface area contributed by atoms with Crippen molar-refractivity contribution in [3.63, 3.8) is 0 Å². The summed E-state index contributed by atoms with van der Waals surface area (Å²) in [5.74, 6) is 0.798. The fourth-order valence-corrected chi connectivity index (χ4v) is 2.58. The highest BCUT2D eigenvalue weighted by atomic mass is 16.5. The van der Waals surface area contributed by atoms with Crippen LogP contribution in [0, 0.1) is 0 Å². The number of pyridine rings is 1. The Balaban J connectivity index is 1.63. The number of rotatable bonds is 6. The fraction of sp³-hybridized carbons (Fsp3) is 0.263. The van der Waals surface area contributed by atoms with E-state index in [9.17, 15) is 4.79 Å². The number of furan rings is 1. The van der Waals surface area contributed by atoms with Crippen molar-refractivity contribution in [3.05, 3.63) is 60.1 Å². The van der Waals surface area contributed by atoms with Crippen molar-refractivity contribution in [3.8, 4) is 5.75 Å². The Kier molecular flexibility index (Phi) is 4.79. The minimum absolute atomic E-state index is 0.0597. The Hall–Kier alpha value is -2.82. The highest BCUT2D eigenvalue weighted by Gasteiger charge is 2.14. The molecule has 3 aromatic rings. The van der Waals surface area contributed by atoms with Gasteiger partial charge in [0.05, 0.1) is 19.8 Å². The molecule has 0 radical (unpaired) electrons. The number of carbonyl (C=O) groups excluding carboxylic acids is 1. The standard InChI is InChI=1S/C19H20N2O3/c1-21(10-8-15-5-3-4-9-20-15)19(22)11-14-13-24-18-12-16(23-2)6-7-17(14)18/h3-7,9,12-13H,8,10-11H2,1-2H3. The molecule has 0 N–H and O–H groups in total. The molecule has 5 nitrogen and oxygen atoms in total. The topological polar surface area (TPSA) is 55.6 Å². The van der Waals surface area contributed by atoms with Crippen LogP contribution >= 0.6 is 0 Å². The molecule has 0 spiro atoms. The van der Waals surface area contributed by atoms with Gasteiger partial charge in [-0.3, -0.25) is 9.78 Å². The van der Waals surface area contributed by atoms with Crippen molar-refractivity contribution in [1.29, 1.82) is 0 Å². The molecule has 0 fully saturated rings. The second-order valence-corrected chi connectivity index (χ2v) is 5.69. The molecule has 2 heterocycles. The van der Waals surface area contributed by atoms with Crippen molar-refractivity contribution in [1.82, 2.24) is 9.88 Å². The van der Waals surface area contributed by atoms with Crippen LogP contribution in [0.4, 0.5) is 0 Å². The SMILES string of the molecule is COc1ccc2c(CC(=O)N(C)CCc3ccccn3)coc2c1. The average Bonchev–Trinajstić information content (AvgIpc) is 3.02. The molecule has 0 aliphatic rings. The van der Waals surface area contributed by atoms with Gasteiger partial charge >= 0.3 is 0 Å². The van der Waals surface area contributed by atoms with Gasteiger partial charge in [0.15, 0.2) is 0 Å². The second-order valence-electron chi connectivity index (χ2n) is 5.69. The monoisotopic (exact) mass is 324 g/mol. The maximum absolute atomic E-state index is 12.4. The van der Waals surface area contributed by atoms with E-state index in [1.165, 1.54) is 0 Å². The summed E-state index contributed by atoms with van der Waals surface area (Å²) in [7, 11) is 3.43. The molecule has 0 unspecified atom stereocenters. The fourth-order valence-electron chi connectivity index (χ4n) is 2.58. The number of amides is 1. The van der Waals surface area contributed by atoms with E-state index in [0.717, 1.165) is 34.4 Å². The quantitative estimate of drug-likeness (QED) is 0.699. The molecule has 0 saturated heterocycles. The van der Waals surface area contributed by atoms with E-state index >= 15 is 0 Å². The Labute approximate surface area is 140 Å². The van der Waals surface area contributed by atoms with Gasteiger partial charge < -0.3 is 14.1 Å². The van der Waals surface area contributed by atoms with Crippen LogP contribution in [0.15, 0.2) is 53.3 Å². The van der Waals surface area contributed by atoms with Crippen LogP contribution in [0.5, 0.6) is 5.75 Å². The lowest BCUT2D eigenvalue weighted by Gasteiger charge is -2.16. The van der Waals surface area contributed by atoms with Crippen molar-refractivity contribution in [2.75, 3.05) is 20.7 Å². The van der Waals surface area contributed by atoms with Crippen LogP contribution in [0.1, 0.15) is 11.3 Å². The maximum atomic E-state index is 12.4. The van der Waals surface area contributed by atoms with E-state index in [0.29, 0.717) is 13.0 Å². The van der Waals surface area contributed by atoms with Crippen molar-refractivity contribution in [2.45, 2.75) is 12.8 Å². The van der Waals surface area contributed by atoms with Crippen LogP contribution in [0.2, 0.25) is 0 Å². The molecule has 3 rings (SSSR count). The first-order chi connectivity index (χ1) is 11.7. The number of aromatic nitrogens is 1. The highest BCUT2D eigenvalue weighted by Crippen LogP contribution is 2.26. The van der Waals surface area contributed by atoms with Gasteiger partial charge in [-0.1, -0.05) is 6.07 Å². The third-order valence-corrected chi connectivity index (χ3v) is 4.06. The first-order valence-corrected chi connectivity index (χ1v) is 7.85. The molecule has 24 heavy (non-hydrogen) atoms. The molecule has 1 amide bonds. The zero-order valence-electron chi connectivity index (χ0n) is 13.9.